The molecule has 5 nitrogen and oxygen atoms in total. The third-order valence-corrected chi connectivity index (χ3v) is 6.18. The number of nitrogens with one attached hydrogen (secondary N) is 1. The van der Waals surface area contributed by atoms with Gasteiger partial charge in [0.2, 0.25) is 15.9 Å². The van der Waals surface area contributed by atoms with E-state index in [-0.39, 0.29) is 23.5 Å². The molecular formula is C18H28N2O3S. The van der Waals surface area contributed by atoms with Crippen molar-refractivity contribution in [2.75, 3.05) is 24.2 Å². The smallest absolute Gasteiger partial charge is 0.225 e. The number of benzene rings is 1. The van der Waals surface area contributed by atoms with Crippen LogP contribution in [0.3, 0.4) is 0 Å². The molecule has 1 saturated heterocycles. The van der Waals surface area contributed by atoms with Crippen molar-refractivity contribution in [3.8, 4) is 0 Å². The molecule has 0 atom stereocenters. The van der Waals surface area contributed by atoms with Gasteiger partial charge in [0.15, 0.2) is 0 Å². The van der Waals surface area contributed by atoms with E-state index in [1.165, 1.54) is 4.31 Å². The zero-order valence-corrected chi connectivity index (χ0v) is 15.7. The van der Waals surface area contributed by atoms with Crippen molar-refractivity contribution < 1.29 is 13.2 Å². The third-order valence-electron chi connectivity index (χ3n) is 4.30. The highest BCUT2D eigenvalue weighted by Gasteiger charge is 2.25. The summed E-state index contributed by atoms with van der Waals surface area (Å²) in [6, 6.07) is 7.66. The largest absolute Gasteiger partial charge is 0.326 e. The predicted octanol–water partition coefficient (Wildman–Crippen LogP) is 3.13. The van der Waals surface area contributed by atoms with Crippen LogP contribution in [0.15, 0.2) is 24.3 Å². The van der Waals surface area contributed by atoms with Crippen molar-refractivity contribution in [3.05, 3.63) is 29.8 Å². The van der Waals surface area contributed by atoms with E-state index in [1.807, 2.05) is 24.3 Å². The summed E-state index contributed by atoms with van der Waals surface area (Å²) < 4.78 is 26.1. The molecule has 0 aliphatic carbocycles. The Balaban J connectivity index is 1.97. The molecule has 1 aliphatic heterocycles. The quantitative estimate of drug-likeness (QED) is 0.885. The molecular weight excluding hydrogens is 324 g/mol. The van der Waals surface area contributed by atoms with Crippen molar-refractivity contribution in [2.45, 2.75) is 51.9 Å². The number of carbonyl (C=O) groups excluding carboxylic acids is 1. The van der Waals surface area contributed by atoms with Crippen molar-refractivity contribution in [1.82, 2.24) is 4.31 Å². The highest BCUT2D eigenvalue weighted by molar-refractivity contribution is 7.89. The van der Waals surface area contributed by atoms with Crippen LogP contribution in [-0.4, -0.2) is 37.5 Å². The van der Waals surface area contributed by atoms with Gasteiger partial charge in [-0.1, -0.05) is 45.4 Å². The molecule has 1 heterocycles. The standard InChI is InChI=1S/C18H28N2O3S/c1-18(2,3)15-9-5-6-10-16(15)19-17(21)11-14-24(22,23)20-12-7-4-8-13-20/h5-6,9-10H,4,7-8,11-14H2,1-3H3,(H,19,21). The van der Waals surface area contributed by atoms with E-state index in [0.717, 1.165) is 30.5 Å². The number of carbonyl (C=O) groups is 1. The van der Waals surface area contributed by atoms with Crippen LogP contribution in [0.1, 0.15) is 52.0 Å². The van der Waals surface area contributed by atoms with Crippen molar-refractivity contribution in [1.29, 1.82) is 0 Å². The lowest BCUT2D eigenvalue weighted by Crippen LogP contribution is -2.38. The molecule has 6 heteroatoms. The normalized spacial score (nSPS) is 16.8. The second kappa shape index (κ2) is 7.66. The van der Waals surface area contributed by atoms with E-state index in [4.69, 9.17) is 0 Å². The molecule has 1 fully saturated rings. The van der Waals surface area contributed by atoms with E-state index in [9.17, 15) is 13.2 Å². The Morgan fingerprint density at radius 3 is 2.38 bits per heavy atom. The number of nitrogens with zero attached hydrogens (tertiary/aromatic N) is 1. The van der Waals surface area contributed by atoms with Crippen molar-refractivity contribution >= 4 is 21.6 Å². The van der Waals surface area contributed by atoms with Gasteiger partial charge in [0.25, 0.3) is 0 Å². The second-order valence-electron chi connectivity index (χ2n) is 7.37. The van der Waals surface area contributed by atoms with E-state index in [1.54, 1.807) is 0 Å². The number of rotatable bonds is 5. The minimum absolute atomic E-state index is 0.0166. The summed E-state index contributed by atoms with van der Waals surface area (Å²) in [5.74, 6) is -0.386. The minimum atomic E-state index is -3.34. The monoisotopic (exact) mass is 352 g/mol. The summed E-state index contributed by atoms with van der Waals surface area (Å²) in [5.41, 5.74) is 1.70. The maximum Gasteiger partial charge on any atom is 0.225 e. The van der Waals surface area contributed by atoms with E-state index in [0.29, 0.717) is 13.1 Å². The molecule has 1 aliphatic rings. The fourth-order valence-corrected chi connectivity index (χ4v) is 4.47. The van der Waals surface area contributed by atoms with Gasteiger partial charge in [-0.15, -0.1) is 0 Å². The Kier molecular flexibility index (Phi) is 6.04. The first-order chi connectivity index (χ1) is 11.2. The average Bonchev–Trinajstić information content (AvgIpc) is 2.53. The summed E-state index contributed by atoms with van der Waals surface area (Å²) in [6.07, 6.45) is 2.88. The Hall–Kier alpha value is -1.40. The second-order valence-corrected chi connectivity index (χ2v) is 9.46. The summed E-state index contributed by atoms with van der Waals surface area (Å²) >= 11 is 0. The molecule has 1 amide bonds. The molecule has 2 rings (SSSR count). The molecule has 0 aromatic heterocycles. The number of hydrogen-bond donors (Lipinski definition) is 1. The topological polar surface area (TPSA) is 66.5 Å². The number of anilines is 1. The molecule has 0 bridgehead atoms. The van der Waals surface area contributed by atoms with Gasteiger partial charge < -0.3 is 5.32 Å². The summed E-state index contributed by atoms with van der Waals surface area (Å²) in [4.78, 5) is 12.2. The summed E-state index contributed by atoms with van der Waals surface area (Å²) in [6.45, 7) is 7.41. The molecule has 1 N–H and O–H groups in total. The Bertz CT molecular complexity index is 672. The third kappa shape index (κ3) is 5.05. The lowest BCUT2D eigenvalue weighted by molar-refractivity contribution is -0.115. The fraction of sp³-hybridized carbons (Fsp3) is 0.611. The Morgan fingerprint density at radius 2 is 1.75 bits per heavy atom. The first-order valence-corrected chi connectivity index (χ1v) is 10.2. The summed E-state index contributed by atoms with van der Waals surface area (Å²) in [5, 5.41) is 2.87. The van der Waals surface area contributed by atoms with Gasteiger partial charge in [-0.05, 0) is 29.9 Å². The van der Waals surface area contributed by atoms with Crippen LogP contribution < -0.4 is 5.32 Å². The van der Waals surface area contributed by atoms with Gasteiger partial charge in [-0.2, -0.15) is 0 Å². The predicted molar refractivity (Wildman–Crippen MR) is 97.6 cm³/mol. The molecule has 1 aromatic rings. The SMILES string of the molecule is CC(C)(C)c1ccccc1NC(=O)CCS(=O)(=O)N1CCCCC1. The molecule has 1 aromatic carbocycles. The van der Waals surface area contributed by atoms with Gasteiger partial charge in [-0.3, -0.25) is 4.79 Å². The zero-order valence-electron chi connectivity index (χ0n) is 14.8. The Morgan fingerprint density at radius 1 is 1.12 bits per heavy atom. The van der Waals surface area contributed by atoms with Crippen molar-refractivity contribution in [3.63, 3.8) is 0 Å². The number of amides is 1. The van der Waals surface area contributed by atoms with Crippen LogP contribution in [0.4, 0.5) is 5.69 Å². The van der Waals surface area contributed by atoms with Gasteiger partial charge in [0, 0.05) is 25.2 Å². The lowest BCUT2D eigenvalue weighted by Gasteiger charge is -2.26. The molecule has 0 saturated carbocycles. The maximum absolute atomic E-state index is 12.3. The average molecular weight is 353 g/mol. The van der Waals surface area contributed by atoms with Crippen molar-refractivity contribution in [2.24, 2.45) is 0 Å². The van der Waals surface area contributed by atoms with E-state index < -0.39 is 10.0 Å². The number of para-hydroxylation sites is 1. The van der Waals surface area contributed by atoms with Gasteiger partial charge >= 0.3 is 0 Å². The molecule has 0 spiro atoms. The van der Waals surface area contributed by atoms with Gasteiger partial charge in [0.05, 0.1) is 5.75 Å². The lowest BCUT2D eigenvalue weighted by atomic mass is 9.86. The number of sulfonamides is 1. The maximum atomic E-state index is 12.3. The number of piperidine rings is 1. The molecule has 0 radical (unpaired) electrons. The van der Waals surface area contributed by atoms with Gasteiger partial charge in [0.1, 0.15) is 0 Å². The van der Waals surface area contributed by atoms with E-state index >= 15 is 0 Å². The first kappa shape index (κ1) is 18.9. The fourth-order valence-electron chi connectivity index (χ4n) is 2.95. The minimum Gasteiger partial charge on any atom is -0.326 e. The molecule has 0 unspecified atom stereocenters. The van der Waals surface area contributed by atoms with Crippen LogP contribution >= 0.6 is 0 Å². The Labute approximate surface area is 145 Å². The number of hydrogen-bond acceptors (Lipinski definition) is 3. The van der Waals surface area contributed by atoms with E-state index in [2.05, 4.69) is 26.1 Å². The molecule has 134 valence electrons. The highest BCUT2D eigenvalue weighted by Crippen LogP contribution is 2.29. The van der Waals surface area contributed by atoms with Crippen LogP contribution in [0.5, 0.6) is 0 Å². The summed E-state index contributed by atoms with van der Waals surface area (Å²) in [7, 11) is -3.34. The molecule has 24 heavy (non-hydrogen) atoms. The van der Waals surface area contributed by atoms with Crippen LogP contribution in [0, 0.1) is 0 Å². The highest BCUT2D eigenvalue weighted by atomic mass is 32.2. The van der Waals surface area contributed by atoms with Gasteiger partial charge in [-0.25, -0.2) is 12.7 Å². The zero-order chi connectivity index (χ0) is 17.8. The first-order valence-electron chi connectivity index (χ1n) is 8.57. The van der Waals surface area contributed by atoms with Crippen LogP contribution in [0.2, 0.25) is 0 Å². The van der Waals surface area contributed by atoms with Crippen LogP contribution in [-0.2, 0) is 20.2 Å². The van der Waals surface area contributed by atoms with Crippen LogP contribution in [0.25, 0.3) is 0 Å².